The maximum Gasteiger partial charge on any atom is 0.307 e. The number of ether oxygens (including phenoxy) is 1. The maximum atomic E-state index is 12.6. The molecule has 0 saturated carbocycles. The second kappa shape index (κ2) is 8.31. The summed E-state index contributed by atoms with van der Waals surface area (Å²) >= 11 is 0. The van der Waals surface area contributed by atoms with Crippen molar-refractivity contribution in [3.63, 3.8) is 0 Å². The SMILES string of the molecule is COC(=O)C[C@@H]1C(=O)NCCN1CC(=O)N[C@@H]1CCCc2ccccc21. The molecule has 26 heavy (non-hydrogen) atoms. The molecule has 1 heterocycles. The van der Waals surface area contributed by atoms with Gasteiger partial charge < -0.3 is 15.4 Å². The van der Waals surface area contributed by atoms with Gasteiger partial charge in [-0.25, -0.2) is 0 Å². The van der Waals surface area contributed by atoms with Crippen molar-refractivity contribution in [2.45, 2.75) is 37.8 Å². The fourth-order valence-corrected chi connectivity index (χ4v) is 3.74. The second-order valence-corrected chi connectivity index (χ2v) is 6.77. The van der Waals surface area contributed by atoms with E-state index in [-0.39, 0.29) is 30.8 Å². The Balaban J connectivity index is 1.63. The number of carbonyl (C=O) groups is 3. The molecule has 140 valence electrons. The van der Waals surface area contributed by atoms with Crippen molar-refractivity contribution in [1.29, 1.82) is 0 Å². The Morgan fingerprint density at radius 3 is 2.96 bits per heavy atom. The highest BCUT2D eigenvalue weighted by Crippen LogP contribution is 2.29. The van der Waals surface area contributed by atoms with Crippen molar-refractivity contribution in [3.8, 4) is 0 Å². The number of hydrogen-bond donors (Lipinski definition) is 2. The van der Waals surface area contributed by atoms with Gasteiger partial charge >= 0.3 is 5.97 Å². The molecule has 1 fully saturated rings. The number of piperazine rings is 1. The van der Waals surface area contributed by atoms with Crippen LogP contribution in [0.25, 0.3) is 0 Å². The lowest BCUT2D eigenvalue weighted by atomic mass is 9.88. The summed E-state index contributed by atoms with van der Waals surface area (Å²) in [6.45, 7) is 1.09. The lowest BCUT2D eigenvalue weighted by Gasteiger charge is -2.34. The Labute approximate surface area is 153 Å². The standard InChI is InChI=1S/C19H25N3O4/c1-26-18(24)11-16-19(25)20-9-10-22(16)12-17(23)21-15-8-4-6-13-5-2-3-7-14(13)15/h2-3,5,7,15-16H,4,6,8-12H2,1H3,(H,20,25)(H,21,23)/t15-,16-/m1/s1. The summed E-state index contributed by atoms with van der Waals surface area (Å²) < 4.78 is 4.67. The number of esters is 1. The van der Waals surface area contributed by atoms with Gasteiger partial charge in [-0.3, -0.25) is 19.3 Å². The summed E-state index contributed by atoms with van der Waals surface area (Å²) in [5.74, 6) is -0.826. The number of fused-ring (bicyclic) bond motifs is 1. The third-order valence-corrected chi connectivity index (χ3v) is 5.08. The van der Waals surface area contributed by atoms with Crippen molar-refractivity contribution >= 4 is 17.8 Å². The molecular formula is C19H25N3O4. The molecule has 7 heteroatoms. The summed E-state index contributed by atoms with van der Waals surface area (Å²) in [5.41, 5.74) is 2.46. The van der Waals surface area contributed by atoms with Gasteiger partial charge in [0.15, 0.2) is 0 Å². The number of methoxy groups -OCH3 is 1. The quantitative estimate of drug-likeness (QED) is 0.750. The van der Waals surface area contributed by atoms with Gasteiger partial charge in [-0.15, -0.1) is 0 Å². The van der Waals surface area contributed by atoms with Crippen LogP contribution >= 0.6 is 0 Å². The summed E-state index contributed by atoms with van der Waals surface area (Å²) in [6, 6.07) is 7.52. The molecule has 1 aliphatic carbocycles. The fraction of sp³-hybridized carbons (Fsp3) is 0.526. The van der Waals surface area contributed by atoms with E-state index >= 15 is 0 Å². The van der Waals surface area contributed by atoms with E-state index in [1.807, 2.05) is 12.1 Å². The number of aryl methyl sites for hydroxylation is 1. The summed E-state index contributed by atoms with van der Waals surface area (Å²) in [4.78, 5) is 38.0. The predicted molar refractivity (Wildman–Crippen MR) is 95.3 cm³/mol. The Morgan fingerprint density at radius 2 is 2.15 bits per heavy atom. The van der Waals surface area contributed by atoms with E-state index in [4.69, 9.17) is 0 Å². The first-order valence-electron chi connectivity index (χ1n) is 9.04. The third kappa shape index (κ3) is 4.22. The molecule has 0 aromatic heterocycles. The van der Waals surface area contributed by atoms with Crippen LogP contribution in [0.4, 0.5) is 0 Å². The average molecular weight is 359 g/mol. The zero-order valence-corrected chi connectivity index (χ0v) is 15.0. The van der Waals surface area contributed by atoms with E-state index in [0.29, 0.717) is 13.1 Å². The van der Waals surface area contributed by atoms with E-state index in [0.717, 1.165) is 19.3 Å². The Morgan fingerprint density at radius 1 is 1.35 bits per heavy atom. The number of benzene rings is 1. The van der Waals surface area contributed by atoms with Crippen LogP contribution in [0.15, 0.2) is 24.3 Å². The number of nitrogens with zero attached hydrogens (tertiary/aromatic N) is 1. The van der Waals surface area contributed by atoms with Gasteiger partial charge in [-0.05, 0) is 30.4 Å². The zero-order valence-electron chi connectivity index (χ0n) is 15.0. The first-order valence-corrected chi connectivity index (χ1v) is 9.04. The van der Waals surface area contributed by atoms with Crippen LogP contribution in [0.5, 0.6) is 0 Å². The second-order valence-electron chi connectivity index (χ2n) is 6.77. The number of carbonyl (C=O) groups excluding carboxylic acids is 3. The van der Waals surface area contributed by atoms with Crippen molar-refractivity contribution in [2.24, 2.45) is 0 Å². The Bertz CT molecular complexity index is 691. The van der Waals surface area contributed by atoms with Crippen molar-refractivity contribution < 1.29 is 19.1 Å². The zero-order chi connectivity index (χ0) is 18.5. The molecule has 1 aromatic carbocycles. The van der Waals surface area contributed by atoms with Crippen LogP contribution in [0.2, 0.25) is 0 Å². The number of hydrogen-bond acceptors (Lipinski definition) is 5. The van der Waals surface area contributed by atoms with Crippen molar-refractivity contribution in [2.75, 3.05) is 26.7 Å². The van der Waals surface area contributed by atoms with Gasteiger partial charge in [0, 0.05) is 13.1 Å². The molecule has 1 aliphatic heterocycles. The van der Waals surface area contributed by atoms with Crippen LogP contribution in [-0.4, -0.2) is 55.5 Å². The predicted octanol–water partition coefficient (Wildman–Crippen LogP) is 0.544. The lowest BCUT2D eigenvalue weighted by Crippen LogP contribution is -2.58. The van der Waals surface area contributed by atoms with E-state index in [1.54, 1.807) is 4.90 Å². The van der Waals surface area contributed by atoms with Crippen molar-refractivity contribution in [1.82, 2.24) is 15.5 Å². The molecule has 0 unspecified atom stereocenters. The summed E-state index contributed by atoms with van der Waals surface area (Å²) in [7, 11) is 1.29. The molecule has 2 N–H and O–H groups in total. The highest BCUT2D eigenvalue weighted by atomic mass is 16.5. The van der Waals surface area contributed by atoms with E-state index in [1.165, 1.54) is 18.2 Å². The molecule has 7 nitrogen and oxygen atoms in total. The average Bonchev–Trinajstić information content (AvgIpc) is 2.64. The first-order chi connectivity index (χ1) is 12.6. The van der Waals surface area contributed by atoms with E-state index in [9.17, 15) is 14.4 Å². The van der Waals surface area contributed by atoms with Crippen LogP contribution < -0.4 is 10.6 Å². The number of amides is 2. The molecular weight excluding hydrogens is 334 g/mol. The first kappa shape index (κ1) is 18.4. The molecule has 2 aliphatic rings. The minimum absolute atomic E-state index is 0.00474. The molecule has 0 spiro atoms. The van der Waals surface area contributed by atoms with Gasteiger partial charge in [0.2, 0.25) is 11.8 Å². The molecule has 0 bridgehead atoms. The van der Waals surface area contributed by atoms with Gasteiger partial charge in [-0.1, -0.05) is 24.3 Å². The highest BCUT2D eigenvalue weighted by molar-refractivity contribution is 5.88. The fourth-order valence-electron chi connectivity index (χ4n) is 3.74. The van der Waals surface area contributed by atoms with Crippen molar-refractivity contribution in [3.05, 3.63) is 35.4 Å². The lowest BCUT2D eigenvalue weighted by molar-refractivity contribution is -0.146. The van der Waals surface area contributed by atoms with Crippen LogP contribution in [0, 0.1) is 0 Å². The third-order valence-electron chi connectivity index (χ3n) is 5.08. The van der Waals surface area contributed by atoms with E-state index in [2.05, 4.69) is 27.5 Å². The van der Waals surface area contributed by atoms with Crippen LogP contribution in [0.1, 0.15) is 36.4 Å². The van der Waals surface area contributed by atoms with Gasteiger partial charge in [0.25, 0.3) is 0 Å². The van der Waals surface area contributed by atoms with Crippen LogP contribution in [-0.2, 0) is 25.5 Å². The topological polar surface area (TPSA) is 87.7 Å². The Kier molecular flexibility index (Phi) is 5.88. The Hall–Kier alpha value is -2.41. The largest absolute Gasteiger partial charge is 0.469 e. The normalized spacial score (nSPS) is 22.9. The summed E-state index contributed by atoms with van der Waals surface area (Å²) in [6.07, 6.45) is 2.94. The molecule has 0 radical (unpaired) electrons. The number of rotatable bonds is 5. The molecule has 1 aromatic rings. The van der Waals surface area contributed by atoms with E-state index < -0.39 is 12.0 Å². The maximum absolute atomic E-state index is 12.6. The van der Waals surface area contributed by atoms with Gasteiger partial charge in [0.05, 0.1) is 26.1 Å². The number of nitrogens with one attached hydrogen (secondary N) is 2. The molecule has 2 amide bonds. The minimum atomic E-state index is -0.666. The smallest absolute Gasteiger partial charge is 0.307 e. The van der Waals surface area contributed by atoms with Gasteiger partial charge in [0.1, 0.15) is 6.04 Å². The molecule has 3 rings (SSSR count). The minimum Gasteiger partial charge on any atom is -0.469 e. The summed E-state index contributed by atoms with van der Waals surface area (Å²) in [5, 5.41) is 5.84. The molecule has 1 saturated heterocycles. The highest BCUT2D eigenvalue weighted by Gasteiger charge is 2.33. The monoisotopic (exact) mass is 359 g/mol. The molecule has 2 atom stereocenters. The van der Waals surface area contributed by atoms with Crippen LogP contribution in [0.3, 0.4) is 0 Å². The van der Waals surface area contributed by atoms with Gasteiger partial charge in [-0.2, -0.15) is 0 Å².